The molecule has 3 N–H and O–H groups in total. The third-order valence-corrected chi connectivity index (χ3v) is 10.3. The molecule has 5 atom stereocenters. The fourth-order valence-corrected chi connectivity index (χ4v) is 7.40. The number of ether oxygens (including phenoxy) is 3. The zero-order valence-electron chi connectivity index (χ0n) is 30.5. The van der Waals surface area contributed by atoms with Crippen LogP contribution in [0.4, 0.5) is 18.8 Å². The van der Waals surface area contributed by atoms with Gasteiger partial charge in [0, 0.05) is 37.5 Å². The van der Waals surface area contributed by atoms with Gasteiger partial charge in [-0.25, -0.2) is 18.8 Å². The first-order chi connectivity index (χ1) is 25.2. The summed E-state index contributed by atoms with van der Waals surface area (Å²) in [5.74, 6) is -2.71. The fraction of sp³-hybridized carbons (Fsp3) is 0.622. The fourth-order valence-electron chi connectivity index (χ4n) is 7.40. The SMILES string of the molecule is CC(C)(C)OC(=O)N[C@H]1CCCCCC=C[C@@H]2C[C@@]2(C(=O)NC(=O)N2CCOCC2)NC(=O)[C@@H]2C[C@@H](OC(=O)N3Cc4cccc(F)c4C3)CN2C1=O. The molecule has 16 heteroatoms. The van der Waals surface area contributed by atoms with Gasteiger partial charge in [0.2, 0.25) is 11.8 Å². The smallest absolute Gasteiger partial charge is 0.410 e. The van der Waals surface area contributed by atoms with Crippen LogP contribution in [0.3, 0.4) is 0 Å². The molecule has 288 valence electrons. The van der Waals surface area contributed by atoms with Crippen LogP contribution in [0.25, 0.3) is 0 Å². The number of morpholine rings is 1. The summed E-state index contributed by atoms with van der Waals surface area (Å²) in [6.45, 7) is 6.43. The van der Waals surface area contributed by atoms with Crippen LogP contribution in [0.1, 0.15) is 76.8 Å². The van der Waals surface area contributed by atoms with Gasteiger partial charge in [0.05, 0.1) is 26.3 Å². The molecule has 1 aliphatic carbocycles. The van der Waals surface area contributed by atoms with E-state index in [1.165, 1.54) is 20.8 Å². The minimum absolute atomic E-state index is 0.0116. The van der Waals surface area contributed by atoms with Crippen LogP contribution in [-0.2, 0) is 41.7 Å². The van der Waals surface area contributed by atoms with E-state index in [9.17, 15) is 33.2 Å². The Bertz CT molecular complexity index is 1640. The highest BCUT2D eigenvalue weighted by atomic mass is 19.1. The summed E-state index contributed by atoms with van der Waals surface area (Å²) in [5, 5.41) is 8.03. The zero-order chi connectivity index (χ0) is 37.9. The third-order valence-electron chi connectivity index (χ3n) is 10.3. The van der Waals surface area contributed by atoms with E-state index in [1.807, 2.05) is 12.2 Å². The molecule has 53 heavy (non-hydrogen) atoms. The predicted octanol–water partition coefficient (Wildman–Crippen LogP) is 3.10. The van der Waals surface area contributed by atoms with Crippen LogP contribution in [0, 0.1) is 11.7 Å². The molecule has 0 spiro atoms. The molecule has 0 bridgehead atoms. The Labute approximate surface area is 307 Å². The van der Waals surface area contributed by atoms with E-state index in [4.69, 9.17) is 14.2 Å². The molecule has 15 nitrogen and oxygen atoms in total. The third kappa shape index (κ3) is 8.91. The van der Waals surface area contributed by atoms with E-state index in [0.29, 0.717) is 50.3 Å². The van der Waals surface area contributed by atoms with Crippen molar-refractivity contribution in [3.63, 3.8) is 0 Å². The molecule has 4 heterocycles. The number of hydrogen-bond acceptors (Lipinski definition) is 9. The molecule has 1 aromatic carbocycles. The van der Waals surface area contributed by atoms with Gasteiger partial charge in [-0.15, -0.1) is 0 Å². The van der Waals surface area contributed by atoms with E-state index in [0.717, 1.165) is 12.8 Å². The van der Waals surface area contributed by atoms with Crippen molar-refractivity contribution < 1.29 is 47.4 Å². The van der Waals surface area contributed by atoms with E-state index in [2.05, 4.69) is 16.0 Å². The maximum atomic E-state index is 14.4. The molecule has 5 aliphatic rings. The number of rotatable bonds is 3. The molecule has 0 unspecified atom stereocenters. The lowest BCUT2D eigenvalue weighted by Crippen LogP contribution is -2.59. The van der Waals surface area contributed by atoms with Crippen LogP contribution >= 0.6 is 0 Å². The second-order valence-electron chi connectivity index (χ2n) is 15.4. The molecule has 4 aliphatic heterocycles. The molecule has 0 radical (unpaired) electrons. The van der Waals surface area contributed by atoms with E-state index < -0.39 is 77.0 Å². The Morgan fingerprint density at radius 1 is 1.04 bits per heavy atom. The van der Waals surface area contributed by atoms with E-state index in [-0.39, 0.29) is 38.9 Å². The van der Waals surface area contributed by atoms with Crippen LogP contribution < -0.4 is 16.0 Å². The zero-order valence-corrected chi connectivity index (χ0v) is 30.5. The number of urea groups is 1. The minimum Gasteiger partial charge on any atom is -0.444 e. The van der Waals surface area contributed by atoms with Gasteiger partial charge in [-0.1, -0.05) is 37.1 Å². The summed E-state index contributed by atoms with van der Waals surface area (Å²) in [5.41, 5.74) is -1.21. The van der Waals surface area contributed by atoms with Gasteiger partial charge in [-0.05, 0) is 58.1 Å². The molecule has 6 rings (SSSR count). The standard InChI is InChI=1S/C37H49FN6O9/c1-36(2,3)53-34(49)39-28-13-8-6-4-5-7-11-24-19-37(24,32(47)40-33(48)42-14-16-51-17-15-42)41-30(45)29-18-25(21-44(29)31(28)46)52-35(50)43-20-23-10-9-12-27(38)26(23)22-43/h7,9-12,24-25,28-29H,4-6,8,13-22H2,1-3H3,(H,39,49)(H,41,45)(H,40,47,48)/t24-,25-,28+,29+,37-/m1/s1. The van der Waals surface area contributed by atoms with Gasteiger partial charge in [0.15, 0.2) is 0 Å². The van der Waals surface area contributed by atoms with Gasteiger partial charge in [0.1, 0.15) is 35.1 Å². The summed E-state index contributed by atoms with van der Waals surface area (Å²) in [4.78, 5) is 85.8. The molecular formula is C37H49FN6O9. The number of carbonyl (C=O) groups is 6. The van der Waals surface area contributed by atoms with Crippen molar-refractivity contribution in [2.45, 2.75) is 108 Å². The number of benzene rings is 1. The Kier molecular flexibility index (Phi) is 11.3. The van der Waals surface area contributed by atoms with Crippen molar-refractivity contribution in [3.05, 3.63) is 47.3 Å². The molecule has 0 aromatic heterocycles. The van der Waals surface area contributed by atoms with Crippen LogP contribution in [-0.4, -0.2) is 113 Å². The largest absolute Gasteiger partial charge is 0.444 e. The number of carbonyl (C=O) groups excluding carboxylic acids is 6. The second-order valence-corrected chi connectivity index (χ2v) is 15.4. The van der Waals surface area contributed by atoms with Crippen LogP contribution in [0.15, 0.2) is 30.4 Å². The lowest BCUT2D eigenvalue weighted by Gasteiger charge is -2.31. The first kappa shape index (κ1) is 38.0. The van der Waals surface area contributed by atoms with Crippen LogP contribution in [0.2, 0.25) is 0 Å². The summed E-state index contributed by atoms with van der Waals surface area (Å²) < 4.78 is 31.0. The Morgan fingerprint density at radius 3 is 2.55 bits per heavy atom. The van der Waals surface area contributed by atoms with Crippen molar-refractivity contribution in [2.24, 2.45) is 5.92 Å². The number of imide groups is 1. The maximum Gasteiger partial charge on any atom is 0.410 e. The molecule has 7 amide bonds. The van der Waals surface area contributed by atoms with Gasteiger partial charge in [-0.2, -0.15) is 0 Å². The van der Waals surface area contributed by atoms with Gasteiger partial charge in [-0.3, -0.25) is 24.6 Å². The number of hydrogen-bond donors (Lipinski definition) is 3. The molecular weight excluding hydrogens is 691 g/mol. The first-order valence-electron chi connectivity index (χ1n) is 18.4. The summed E-state index contributed by atoms with van der Waals surface area (Å²) in [6, 6.07) is 1.81. The molecule has 3 fully saturated rings. The van der Waals surface area contributed by atoms with Gasteiger partial charge in [0.25, 0.3) is 5.91 Å². The van der Waals surface area contributed by atoms with Crippen LogP contribution in [0.5, 0.6) is 0 Å². The number of halogens is 1. The quantitative estimate of drug-likeness (QED) is 0.394. The number of fused-ring (bicyclic) bond motifs is 3. The molecule has 1 aromatic rings. The monoisotopic (exact) mass is 740 g/mol. The van der Waals surface area contributed by atoms with Crippen molar-refractivity contribution in [2.75, 3.05) is 32.8 Å². The Balaban J connectivity index is 1.23. The first-order valence-corrected chi connectivity index (χ1v) is 18.4. The Morgan fingerprint density at radius 2 is 1.81 bits per heavy atom. The Hall–Kier alpha value is -4.73. The van der Waals surface area contributed by atoms with E-state index in [1.54, 1.807) is 32.9 Å². The number of amides is 7. The highest BCUT2D eigenvalue weighted by Gasteiger charge is 2.61. The van der Waals surface area contributed by atoms with Gasteiger partial charge < -0.3 is 34.6 Å². The molecule has 1 saturated carbocycles. The summed E-state index contributed by atoms with van der Waals surface area (Å²) in [6.07, 6.45) is 4.62. The number of nitrogens with zero attached hydrogens (tertiary/aromatic N) is 3. The lowest BCUT2D eigenvalue weighted by molar-refractivity contribution is -0.141. The average Bonchev–Trinajstić information content (AvgIpc) is 3.40. The number of allylic oxidation sites excluding steroid dienone is 1. The van der Waals surface area contributed by atoms with E-state index >= 15 is 0 Å². The minimum atomic E-state index is -1.45. The van der Waals surface area contributed by atoms with Crippen molar-refractivity contribution in [1.29, 1.82) is 0 Å². The average molecular weight is 741 g/mol. The summed E-state index contributed by atoms with van der Waals surface area (Å²) >= 11 is 0. The van der Waals surface area contributed by atoms with Crippen molar-refractivity contribution >= 4 is 35.9 Å². The summed E-state index contributed by atoms with van der Waals surface area (Å²) in [7, 11) is 0. The highest BCUT2D eigenvalue weighted by molar-refractivity contribution is 6.04. The molecule has 2 saturated heterocycles. The maximum absolute atomic E-state index is 14.4. The number of nitrogens with one attached hydrogen (secondary N) is 3. The second kappa shape index (κ2) is 15.7. The topological polar surface area (TPSA) is 176 Å². The lowest BCUT2D eigenvalue weighted by atomic mass is 10.0. The predicted molar refractivity (Wildman–Crippen MR) is 186 cm³/mol. The van der Waals surface area contributed by atoms with Crippen molar-refractivity contribution in [1.82, 2.24) is 30.7 Å². The highest BCUT2D eigenvalue weighted by Crippen LogP contribution is 2.45. The normalized spacial score (nSPS) is 27.7. The number of alkyl carbamates (subject to hydrolysis) is 1. The van der Waals surface area contributed by atoms with Gasteiger partial charge >= 0.3 is 18.2 Å². The van der Waals surface area contributed by atoms with Crippen molar-refractivity contribution in [3.8, 4) is 0 Å².